The molecule has 26 heavy (non-hydrogen) atoms. The zero-order valence-electron chi connectivity index (χ0n) is 14.3. The van der Waals surface area contributed by atoms with Crippen LogP contribution in [0.15, 0.2) is 12.2 Å². The molecule has 0 saturated heterocycles. The number of hydrogen-bond donors (Lipinski definition) is 0. The van der Waals surface area contributed by atoms with E-state index in [9.17, 15) is 0 Å². The van der Waals surface area contributed by atoms with Crippen molar-refractivity contribution in [3.05, 3.63) is 140 Å². The molecule has 4 saturated carbocycles. The molecule has 0 aromatic heterocycles. The topological polar surface area (TPSA) is 0 Å². The predicted molar refractivity (Wildman–Crippen MR) is 101 cm³/mol. The van der Waals surface area contributed by atoms with Gasteiger partial charge in [-0.05, 0) is 122 Å². The van der Waals surface area contributed by atoms with Crippen molar-refractivity contribution in [1.29, 1.82) is 0 Å². The van der Waals surface area contributed by atoms with Crippen LogP contribution in [-0.4, -0.2) is 0 Å². The van der Waals surface area contributed by atoms with Gasteiger partial charge >= 0.3 is 34.1 Å². The second kappa shape index (κ2) is 18.7. The summed E-state index contributed by atoms with van der Waals surface area (Å²) >= 11 is 0. The molecule has 128 valence electrons. The van der Waals surface area contributed by atoms with Crippen molar-refractivity contribution in [2.24, 2.45) is 0 Å². The average molecular weight is 420 g/mol. The molecule has 0 atom stereocenters. The van der Waals surface area contributed by atoms with Gasteiger partial charge in [-0.1, -0.05) is 17.9 Å². The first kappa shape index (κ1) is 26.3. The molecule has 0 heterocycles. The summed E-state index contributed by atoms with van der Waals surface area (Å²) in [6, 6.07) is 0. The first-order valence-corrected chi connectivity index (χ1v) is 7.90. The van der Waals surface area contributed by atoms with E-state index in [1.54, 1.807) is 0 Å². The maximum Gasteiger partial charge on any atom is 2.00 e. The van der Waals surface area contributed by atoms with E-state index in [0.29, 0.717) is 0 Å². The van der Waals surface area contributed by atoms with Crippen LogP contribution in [-0.2, 0) is 34.1 Å². The molecule has 4 aliphatic rings. The Morgan fingerprint density at radius 2 is 0.885 bits per heavy atom. The molecule has 20 radical (unpaired) electrons. The van der Waals surface area contributed by atoms with Crippen molar-refractivity contribution in [2.45, 2.75) is 0 Å². The maximum absolute atomic E-state index is 3.05. The van der Waals surface area contributed by atoms with Gasteiger partial charge in [-0.15, -0.1) is 0 Å². The van der Waals surface area contributed by atoms with Gasteiger partial charge in [0, 0.05) is 5.92 Å². The SMILES string of the molecule is C(#C[C]1[CH][CH][CH][CH]1)/C=C/[C]1[CH][CH][CH][CH]1.[CH]1[CH][CH][CH][CH]1.[CH]1[CH][CH][CH][CH]1.[Fe+2].[Fe+2]. The summed E-state index contributed by atoms with van der Waals surface area (Å²) in [5.41, 5.74) is 0. The molecule has 0 aromatic carbocycles. The van der Waals surface area contributed by atoms with Crippen LogP contribution < -0.4 is 0 Å². The van der Waals surface area contributed by atoms with Gasteiger partial charge in [0.2, 0.25) is 0 Å². The van der Waals surface area contributed by atoms with Crippen molar-refractivity contribution in [2.75, 3.05) is 0 Å². The Balaban J connectivity index is 0.000000432. The molecule has 0 N–H and O–H groups in total. The van der Waals surface area contributed by atoms with Gasteiger partial charge in [0.25, 0.3) is 0 Å². The van der Waals surface area contributed by atoms with Crippen LogP contribution in [0.2, 0.25) is 0 Å². The normalized spacial score (nSPS) is 22.3. The summed E-state index contributed by atoms with van der Waals surface area (Å²) in [6.45, 7) is 0. The summed E-state index contributed by atoms with van der Waals surface area (Å²) in [7, 11) is 0. The van der Waals surface area contributed by atoms with Crippen molar-refractivity contribution in [3.63, 3.8) is 0 Å². The Hall–Kier alpha value is 0.339. The second-order valence-corrected chi connectivity index (χ2v) is 4.92. The Morgan fingerprint density at radius 1 is 0.500 bits per heavy atom. The largest absolute Gasteiger partial charge is 2.00 e. The van der Waals surface area contributed by atoms with Gasteiger partial charge in [0.15, 0.2) is 0 Å². The molecule has 0 aliphatic heterocycles. The van der Waals surface area contributed by atoms with E-state index < -0.39 is 0 Å². The third-order valence-corrected chi connectivity index (χ3v) is 3.04. The molecular weight excluding hydrogens is 400 g/mol. The second-order valence-electron chi connectivity index (χ2n) is 4.92. The minimum Gasteiger partial charge on any atom is -0.0895 e. The minimum atomic E-state index is 0. The summed E-state index contributed by atoms with van der Waals surface area (Å²) in [5, 5.41) is 0. The van der Waals surface area contributed by atoms with Gasteiger partial charge in [-0.25, -0.2) is 0 Å². The van der Waals surface area contributed by atoms with Crippen LogP contribution in [0.1, 0.15) is 0 Å². The molecule has 0 amide bonds. The third-order valence-electron chi connectivity index (χ3n) is 3.04. The Bertz CT molecular complexity index is 346. The van der Waals surface area contributed by atoms with Gasteiger partial charge in [-0.2, -0.15) is 0 Å². The summed E-state index contributed by atoms with van der Waals surface area (Å²) in [6.07, 6.45) is 40.0. The van der Waals surface area contributed by atoms with Gasteiger partial charge in [-0.3, -0.25) is 0 Å². The van der Waals surface area contributed by atoms with Crippen molar-refractivity contribution in [3.8, 4) is 11.8 Å². The van der Waals surface area contributed by atoms with Gasteiger partial charge < -0.3 is 0 Å². The van der Waals surface area contributed by atoms with E-state index in [4.69, 9.17) is 0 Å². The van der Waals surface area contributed by atoms with Crippen LogP contribution in [0.3, 0.4) is 0 Å². The predicted octanol–water partition coefficient (Wildman–Crippen LogP) is 4.39. The molecule has 2 heteroatoms. The van der Waals surface area contributed by atoms with Crippen molar-refractivity contribution in [1.82, 2.24) is 0 Å². The van der Waals surface area contributed by atoms with Gasteiger partial charge in [0.1, 0.15) is 0 Å². The van der Waals surface area contributed by atoms with Crippen LogP contribution >= 0.6 is 0 Å². The minimum absolute atomic E-state index is 0. The molecule has 0 unspecified atom stereocenters. The fourth-order valence-electron chi connectivity index (χ4n) is 1.86. The zero-order valence-corrected chi connectivity index (χ0v) is 16.5. The van der Waals surface area contributed by atoms with Gasteiger partial charge in [0.05, 0.1) is 5.92 Å². The standard InChI is InChI=1S/C14H10.2C5H5.2Fe/c1-2-8-13(7-1)11-5-6-12-14-9-3-4-10-14;2*1-2-4-5-3-1;;/h1-5,7-11H;2*1-5H;;/q;;;2*+2/b11-5+;;;;. The first-order chi connectivity index (χ1) is 11.9. The van der Waals surface area contributed by atoms with E-state index in [-0.39, 0.29) is 34.1 Å². The quantitative estimate of drug-likeness (QED) is 0.436. The molecule has 0 spiro atoms. The molecular formula is C24H20Fe2+4. The molecule has 0 aromatic rings. The molecule has 0 nitrogen and oxygen atoms in total. The van der Waals surface area contributed by atoms with Crippen LogP contribution in [0.5, 0.6) is 0 Å². The average Bonchev–Trinajstić information content (AvgIpc) is 3.44. The summed E-state index contributed by atoms with van der Waals surface area (Å²) in [4.78, 5) is 0. The summed E-state index contributed by atoms with van der Waals surface area (Å²) in [5.74, 6) is 8.31. The molecule has 4 rings (SSSR count). The first-order valence-electron chi connectivity index (χ1n) is 7.90. The van der Waals surface area contributed by atoms with Crippen molar-refractivity contribution >= 4 is 0 Å². The monoisotopic (exact) mass is 420 g/mol. The van der Waals surface area contributed by atoms with E-state index in [2.05, 4.69) is 24.7 Å². The van der Waals surface area contributed by atoms with E-state index in [1.807, 2.05) is 115 Å². The van der Waals surface area contributed by atoms with Crippen molar-refractivity contribution < 1.29 is 34.1 Å². The van der Waals surface area contributed by atoms with Crippen LogP contribution in [0.4, 0.5) is 0 Å². The third kappa shape index (κ3) is 13.5. The zero-order chi connectivity index (χ0) is 16.7. The summed E-state index contributed by atoms with van der Waals surface area (Å²) < 4.78 is 0. The Labute approximate surface area is 185 Å². The van der Waals surface area contributed by atoms with E-state index in [0.717, 1.165) is 5.92 Å². The van der Waals surface area contributed by atoms with Crippen LogP contribution in [0, 0.1) is 139 Å². The fraction of sp³-hybridized carbons (Fsp3) is 0. The Morgan fingerprint density at radius 3 is 1.31 bits per heavy atom. The number of rotatable bonds is 1. The number of allylic oxidation sites excluding steroid dienone is 2. The smallest absolute Gasteiger partial charge is 0.0895 e. The van der Waals surface area contributed by atoms with Crippen LogP contribution in [0.25, 0.3) is 0 Å². The fourth-order valence-corrected chi connectivity index (χ4v) is 1.86. The number of hydrogen-bond acceptors (Lipinski definition) is 0. The Kier molecular flexibility index (Phi) is 18.9. The molecule has 4 fully saturated rings. The maximum atomic E-state index is 3.05. The van der Waals surface area contributed by atoms with E-state index in [1.165, 1.54) is 5.92 Å². The molecule has 4 aliphatic carbocycles. The molecule has 0 bridgehead atoms. The van der Waals surface area contributed by atoms with E-state index >= 15 is 0 Å².